The second kappa shape index (κ2) is 9.95. The van der Waals surface area contributed by atoms with Crippen LogP contribution in [0.5, 0.6) is 5.75 Å². The second-order valence-electron chi connectivity index (χ2n) is 6.66. The summed E-state index contributed by atoms with van der Waals surface area (Å²) in [6, 6.07) is 3.16. The van der Waals surface area contributed by atoms with Crippen molar-refractivity contribution in [1.29, 1.82) is 0 Å². The van der Waals surface area contributed by atoms with Gasteiger partial charge >= 0.3 is 5.97 Å². The van der Waals surface area contributed by atoms with E-state index in [0.29, 0.717) is 15.7 Å². The number of halogens is 5. The molecule has 174 valence electrons. The molecular formula is C20H13Cl5N2O6. The van der Waals surface area contributed by atoms with Gasteiger partial charge in [-0.2, -0.15) is 0 Å². The molecule has 0 bridgehead atoms. The van der Waals surface area contributed by atoms with Crippen molar-refractivity contribution in [3.05, 3.63) is 54.4 Å². The molecule has 3 rings (SSSR count). The third-order valence-electron chi connectivity index (χ3n) is 4.64. The highest BCUT2D eigenvalue weighted by Crippen LogP contribution is 2.45. The third kappa shape index (κ3) is 4.72. The molecule has 2 aromatic rings. The fourth-order valence-corrected chi connectivity index (χ4v) is 4.23. The number of anilines is 1. The van der Waals surface area contributed by atoms with Crippen molar-refractivity contribution in [3.8, 4) is 5.75 Å². The molecule has 0 saturated carbocycles. The standard InChI is InChI=1S/C20H13Cl5N2O6/c1-7(20(31)33-6-11(28)26-9-5-8(21)3-4-10(9)32-2)27-18(29)12-13(19(27)30)15(23)17(25)16(24)14(12)22/h3-5,7H,6H2,1-2H3,(H,26,28). The van der Waals surface area contributed by atoms with Gasteiger partial charge in [-0.05, 0) is 25.1 Å². The van der Waals surface area contributed by atoms with Crippen LogP contribution in [0.15, 0.2) is 18.2 Å². The van der Waals surface area contributed by atoms with Gasteiger partial charge in [0.15, 0.2) is 6.61 Å². The molecule has 1 atom stereocenters. The number of fused-ring (bicyclic) bond motifs is 1. The van der Waals surface area contributed by atoms with E-state index >= 15 is 0 Å². The predicted molar refractivity (Wildman–Crippen MR) is 124 cm³/mol. The summed E-state index contributed by atoms with van der Waals surface area (Å²) in [6.45, 7) is 0.536. The minimum atomic E-state index is -1.41. The molecule has 0 fully saturated rings. The van der Waals surface area contributed by atoms with Crippen LogP contribution in [-0.4, -0.2) is 48.3 Å². The number of nitrogens with one attached hydrogen (secondary N) is 1. The number of carbonyl (C=O) groups is 4. The fraction of sp³-hybridized carbons (Fsp3) is 0.200. The Hall–Kier alpha value is -2.23. The van der Waals surface area contributed by atoms with Gasteiger partial charge in [0.2, 0.25) is 0 Å². The largest absolute Gasteiger partial charge is 0.495 e. The first kappa shape index (κ1) is 25.4. The zero-order chi connectivity index (χ0) is 24.6. The first-order valence-corrected chi connectivity index (χ1v) is 10.9. The Kier molecular flexibility index (Phi) is 7.65. The highest BCUT2D eigenvalue weighted by Gasteiger charge is 2.45. The second-order valence-corrected chi connectivity index (χ2v) is 8.61. The molecule has 0 aliphatic carbocycles. The van der Waals surface area contributed by atoms with Crippen LogP contribution in [0.25, 0.3) is 0 Å². The average Bonchev–Trinajstić information content (AvgIpc) is 3.04. The van der Waals surface area contributed by atoms with Crippen LogP contribution in [0.1, 0.15) is 27.6 Å². The van der Waals surface area contributed by atoms with Crippen LogP contribution in [-0.2, 0) is 14.3 Å². The minimum Gasteiger partial charge on any atom is -0.495 e. The number of carbonyl (C=O) groups excluding carboxylic acids is 4. The summed E-state index contributed by atoms with van der Waals surface area (Å²) in [7, 11) is 1.40. The smallest absolute Gasteiger partial charge is 0.329 e. The first-order valence-electron chi connectivity index (χ1n) is 9.03. The van der Waals surface area contributed by atoms with Crippen molar-refractivity contribution in [2.24, 2.45) is 0 Å². The normalized spacial score (nSPS) is 13.6. The molecule has 1 unspecified atom stereocenters. The van der Waals surface area contributed by atoms with Gasteiger partial charge in [-0.3, -0.25) is 19.3 Å². The third-order valence-corrected chi connectivity index (χ3v) is 6.68. The van der Waals surface area contributed by atoms with Crippen molar-refractivity contribution >= 4 is 87.4 Å². The molecule has 0 saturated heterocycles. The first-order chi connectivity index (χ1) is 15.5. The quantitative estimate of drug-likeness (QED) is 0.230. The molecule has 1 aliphatic heterocycles. The van der Waals surface area contributed by atoms with E-state index in [1.165, 1.54) is 20.1 Å². The zero-order valence-electron chi connectivity index (χ0n) is 16.8. The van der Waals surface area contributed by atoms with Crippen LogP contribution in [0.3, 0.4) is 0 Å². The summed E-state index contributed by atoms with van der Waals surface area (Å²) in [5, 5.41) is 1.90. The van der Waals surface area contributed by atoms with Gasteiger partial charge in [-0.25, -0.2) is 4.79 Å². The fourth-order valence-electron chi connectivity index (χ4n) is 3.05. The van der Waals surface area contributed by atoms with Crippen molar-refractivity contribution in [3.63, 3.8) is 0 Å². The molecule has 0 radical (unpaired) electrons. The number of ether oxygens (including phenoxy) is 2. The molecule has 33 heavy (non-hydrogen) atoms. The van der Waals surface area contributed by atoms with Crippen LogP contribution in [0, 0.1) is 0 Å². The van der Waals surface area contributed by atoms with Crippen LogP contribution < -0.4 is 10.1 Å². The molecule has 2 aromatic carbocycles. The highest BCUT2D eigenvalue weighted by atomic mass is 35.5. The van der Waals surface area contributed by atoms with E-state index in [9.17, 15) is 19.2 Å². The van der Waals surface area contributed by atoms with E-state index in [2.05, 4.69) is 5.32 Å². The summed E-state index contributed by atoms with van der Waals surface area (Å²) in [6.07, 6.45) is 0. The van der Waals surface area contributed by atoms with Gasteiger partial charge in [0, 0.05) is 5.02 Å². The molecule has 8 nitrogen and oxygen atoms in total. The van der Waals surface area contributed by atoms with Crippen molar-refractivity contribution in [2.45, 2.75) is 13.0 Å². The number of nitrogens with zero attached hydrogens (tertiary/aromatic N) is 1. The number of imide groups is 1. The maximum absolute atomic E-state index is 12.8. The molecule has 1 N–H and O–H groups in total. The van der Waals surface area contributed by atoms with Crippen LogP contribution in [0.4, 0.5) is 5.69 Å². The van der Waals surface area contributed by atoms with Crippen LogP contribution >= 0.6 is 58.0 Å². The number of benzene rings is 2. The molecule has 0 aromatic heterocycles. The van der Waals surface area contributed by atoms with E-state index in [1.807, 2.05) is 0 Å². The SMILES string of the molecule is COc1ccc(Cl)cc1NC(=O)COC(=O)C(C)N1C(=O)c2c(Cl)c(Cl)c(Cl)c(Cl)c2C1=O. The van der Waals surface area contributed by atoms with E-state index in [0.717, 1.165) is 0 Å². The summed E-state index contributed by atoms with van der Waals surface area (Å²) >= 11 is 30.0. The zero-order valence-corrected chi connectivity index (χ0v) is 20.6. The van der Waals surface area contributed by atoms with Crippen LogP contribution in [0.2, 0.25) is 25.1 Å². The monoisotopic (exact) mass is 552 g/mol. The summed E-state index contributed by atoms with van der Waals surface area (Å²) in [5.74, 6) is -3.20. The van der Waals surface area contributed by atoms with E-state index in [4.69, 9.17) is 67.5 Å². The molecule has 0 spiro atoms. The van der Waals surface area contributed by atoms with Gasteiger partial charge in [0.1, 0.15) is 11.8 Å². The van der Waals surface area contributed by atoms with Gasteiger partial charge in [0.25, 0.3) is 17.7 Å². The van der Waals surface area contributed by atoms with Crippen molar-refractivity contribution in [2.75, 3.05) is 19.0 Å². The lowest BCUT2D eigenvalue weighted by atomic mass is 10.1. The Balaban J connectivity index is 1.72. The number of rotatable bonds is 6. The van der Waals surface area contributed by atoms with Gasteiger partial charge < -0.3 is 14.8 Å². The maximum Gasteiger partial charge on any atom is 0.329 e. The molecule has 3 amide bonds. The molecule has 1 heterocycles. The average molecular weight is 555 g/mol. The lowest BCUT2D eigenvalue weighted by Crippen LogP contribution is -2.44. The Morgan fingerprint density at radius 3 is 2.03 bits per heavy atom. The van der Waals surface area contributed by atoms with E-state index in [1.54, 1.807) is 12.1 Å². The highest BCUT2D eigenvalue weighted by molar-refractivity contribution is 6.55. The van der Waals surface area contributed by atoms with E-state index < -0.39 is 36.3 Å². The van der Waals surface area contributed by atoms with Crippen molar-refractivity contribution in [1.82, 2.24) is 4.90 Å². The summed E-state index contributed by atoms with van der Waals surface area (Å²) in [5.41, 5.74) is -0.282. The number of hydrogen-bond acceptors (Lipinski definition) is 6. The Labute approximate surface area is 212 Å². The maximum atomic E-state index is 12.8. The summed E-state index contributed by atoms with van der Waals surface area (Å²) < 4.78 is 10.1. The predicted octanol–water partition coefficient (Wildman–Crippen LogP) is 5.13. The van der Waals surface area contributed by atoms with Crippen molar-refractivity contribution < 1.29 is 28.7 Å². The van der Waals surface area contributed by atoms with Gasteiger partial charge in [0.05, 0.1) is 44.0 Å². The van der Waals surface area contributed by atoms with E-state index in [-0.39, 0.29) is 36.9 Å². The molecule has 1 aliphatic rings. The van der Waals surface area contributed by atoms with Gasteiger partial charge in [-0.15, -0.1) is 0 Å². The Bertz CT molecular complexity index is 1160. The number of methoxy groups -OCH3 is 1. The summed E-state index contributed by atoms with van der Waals surface area (Å²) in [4.78, 5) is 51.0. The Morgan fingerprint density at radius 1 is 0.970 bits per heavy atom. The minimum absolute atomic E-state index is 0.201. The van der Waals surface area contributed by atoms with Gasteiger partial charge in [-0.1, -0.05) is 58.0 Å². The number of esters is 1. The molecular weight excluding hydrogens is 541 g/mol. The topological polar surface area (TPSA) is 102 Å². The lowest BCUT2D eigenvalue weighted by Gasteiger charge is -2.21. The lowest BCUT2D eigenvalue weighted by molar-refractivity contribution is -0.150. The number of hydrogen-bond donors (Lipinski definition) is 1. The molecule has 13 heteroatoms. The Morgan fingerprint density at radius 2 is 1.52 bits per heavy atom. The number of amides is 3.